The molecule has 2 amide bonds. The minimum atomic E-state index is -0.447. The van der Waals surface area contributed by atoms with Crippen LogP contribution in [0.25, 0.3) is 0 Å². The highest BCUT2D eigenvalue weighted by molar-refractivity contribution is 5.94. The maximum absolute atomic E-state index is 13.1. The summed E-state index contributed by atoms with van der Waals surface area (Å²) in [6, 6.07) is 6.38. The zero-order valence-corrected chi connectivity index (χ0v) is 15.2. The lowest BCUT2D eigenvalue weighted by Crippen LogP contribution is -2.57. The second-order valence-electron chi connectivity index (χ2n) is 7.10. The van der Waals surface area contributed by atoms with E-state index in [9.17, 15) is 14.7 Å². The zero-order valence-electron chi connectivity index (χ0n) is 15.2. The van der Waals surface area contributed by atoms with E-state index in [2.05, 4.69) is 5.32 Å². The van der Waals surface area contributed by atoms with Gasteiger partial charge in [-0.15, -0.1) is 0 Å². The topological polar surface area (TPSA) is 82.1 Å². The van der Waals surface area contributed by atoms with E-state index in [-0.39, 0.29) is 17.6 Å². The Labute approximate surface area is 153 Å². The molecular formula is C19H27N3O4. The molecule has 7 heteroatoms. The van der Waals surface area contributed by atoms with Crippen LogP contribution < -0.4 is 5.32 Å². The first-order chi connectivity index (χ1) is 12.6. The number of hydrogen-bond acceptors (Lipinski definition) is 5. The van der Waals surface area contributed by atoms with E-state index in [1.807, 2.05) is 4.90 Å². The van der Waals surface area contributed by atoms with E-state index in [0.29, 0.717) is 38.3 Å². The molecule has 2 fully saturated rings. The lowest BCUT2D eigenvalue weighted by Gasteiger charge is -2.42. The summed E-state index contributed by atoms with van der Waals surface area (Å²) in [6.07, 6.45) is 1.56. The van der Waals surface area contributed by atoms with Crippen LogP contribution in [0.1, 0.15) is 23.2 Å². The third-order valence-corrected chi connectivity index (χ3v) is 5.38. The third kappa shape index (κ3) is 3.83. The van der Waals surface area contributed by atoms with Crippen LogP contribution in [0.2, 0.25) is 0 Å². The van der Waals surface area contributed by atoms with Gasteiger partial charge in [0.2, 0.25) is 5.91 Å². The van der Waals surface area contributed by atoms with Gasteiger partial charge in [-0.3, -0.25) is 9.59 Å². The Morgan fingerprint density at radius 2 is 1.81 bits per heavy atom. The van der Waals surface area contributed by atoms with Crippen molar-refractivity contribution < 1.29 is 19.4 Å². The number of methoxy groups -OCH3 is 1. The van der Waals surface area contributed by atoms with Crippen molar-refractivity contribution in [2.75, 3.05) is 53.0 Å². The van der Waals surface area contributed by atoms with Crippen molar-refractivity contribution >= 4 is 11.8 Å². The summed E-state index contributed by atoms with van der Waals surface area (Å²) in [5.74, 6) is 0.115. The Balaban J connectivity index is 1.62. The number of benzene rings is 1. The summed E-state index contributed by atoms with van der Waals surface area (Å²) < 4.78 is 5.36. The number of phenols is 1. The molecule has 2 N–H and O–H groups in total. The van der Waals surface area contributed by atoms with E-state index >= 15 is 0 Å². The molecule has 3 rings (SSSR count). The van der Waals surface area contributed by atoms with Crippen LogP contribution in [0, 0.1) is 5.41 Å². The molecule has 0 atom stereocenters. The number of piperidine rings is 1. The molecule has 0 spiro atoms. The number of hydrogen-bond donors (Lipinski definition) is 2. The fraction of sp³-hybridized carbons (Fsp3) is 0.579. The first-order valence-electron chi connectivity index (χ1n) is 9.13. The number of rotatable bonds is 4. The number of carbonyl (C=O) groups excluding carboxylic acids is 2. The van der Waals surface area contributed by atoms with E-state index in [0.717, 1.165) is 25.9 Å². The number of aromatic hydroxyl groups is 1. The fourth-order valence-electron chi connectivity index (χ4n) is 3.87. The summed E-state index contributed by atoms with van der Waals surface area (Å²) in [6.45, 7) is 4.15. The highest BCUT2D eigenvalue weighted by Gasteiger charge is 2.43. The molecule has 0 radical (unpaired) electrons. The predicted molar refractivity (Wildman–Crippen MR) is 97.0 cm³/mol. The summed E-state index contributed by atoms with van der Waals surface area (Å²) in [4.78, 5) is 29.3. The van der Waals surface area contributed by atoms with Gasteiger partial charge < -0.3 is 25.0 Å². The molecule has 0 bridgehead atoms. The molecule has 2 aliphatic rings. The van der Waals surface area contributed by atoms with Gasteiger partial charge in [0.25, 0.3) is 5.91 Å². The third-order valence-electron chi connectivity index (χ3n) is 5.38. The van der Waals surface area contributed by atoms with Crippen LogP contribution in [-0.2, 0) is 9.53 Å². The lowest BCUT2D eigenvalue weighted by atomic mass is 9.78. The fourth-order valence-corrected chi connectivity index (χ4v) is 3.87. The predicted octanol–water partition coefficient (Wildman–Crippen LogP) is 0.693. The second-order valence-corrected chi connectivity index (χ2v) is 7.10. The van der Waals surface area contributed by atoms with Crippen molar-refractivity contribution in [3.63, 3.8) is 0 Å². The van der Waals surface area contributed by atoms with Gasteiger partial charge in [-0.25, -0.2) is 0 Å². The van der Waals surface area contributed by atoms with Gasteiger partial charge in [0.05, 0.1) is 12.0 Å². The van der Waals surface area contributed by atoms with Crippen molar-refractivity contribution in [2.24, 2.45) is 5.41 Å². The quantitative estimate of drug-likeness (QED) is 0.825. The molecule has 142 valence electrons. The van der Waals surface area contributed by atoms with Crippen LogP contribution in [0.4, 0.5) is 0 Å². The van der Waals surface area contributed by atoms with Gasteiger partial charge in [0.15, 0.2) is 0 Å². The Morgan fingerprint density at radius 3 is 2.42 bits per heavy atom. The average molecular weight is 361 g/mol. The SMILES string of the molecule is COCC1(C(=O)N2CCN(C(=O)c3cccc(O)c3)CC2)CCNCC1. The first-order valence-corrected chi connectivity index (χ1v) is 9.13. The van der Waals surface area contributed by atoms with Crippen molar-refractivity contribution in [1.29, 1.82) is 0 Å². The minimum absolute atomic E-state index is 0.0806. The number of nitrogens with zero attached hydrogens (tertiary/aromatic N) is 2. The van der Waals surface area contributed by atoms with Crippen molar-refractivity contribution in [2.45, 2.75) is 12.8 Å². The van der Waals surface area contributed by atoms with E-state index in [4.69, 9.17) is 4.74 Å². The van der Waals surface area contributed by atoms with Crippen LogP contribution in [0.3, 0.4) is 0 Å². The molecule has 2 aliphatic heterocycles. The zero-order chi connectivity index (χ0) is 18.6. The largest absolute Gasteiger partial charge is 0.508 e. The normalized spacial score (nSPS) is 20.0. The second kappa shape index (κ2) is 8.05. The van der Waals surface area contributed by atoms with Crippen LogP contribution in [-0.4, -0.2) is 79.7 Å². The monoisotopic (exact) mass is 361 g/mol. The lowest BCUT2D eigenvalue weighted by molar-refractivity contribution is -0.149. The van der Waals surface area contributed by atoms with Crippen molar-refractivity contribution in [1.82, 2.24) is 15.1 Å². The number of phenolic OH excluding ortho intramolecular Hbond substituents is 1. The number of piperazine rings is 1. The Bertz CT molecular complexity index is 644. The average Bonchev–Trinajstić information content (AvgIpc) is 2.68. The number of ether oxygens (including phenoxy) is 1. The molecule has 0 saturated carbocycles. The molecule has 0 unspecified atom stereocenters. The number of carbonyl (C=O) groups is 2. The number of nitrogens with one attached hydrogen (secondary N) is 1. The molecule has 0 aromatic heterocycles. The van der Waals surface area contributed by atoms with Gasteiger partial charge in [-0.1, -0.05) is 6.07 Å². The van der Waals surface area contributed by atoms with Gasteiger partial charge >= 0.3 is 0 Å². The molecule has 1 aromatic rings. The Kier molecular flexibility index (Phi) is 5.78. The summed E-state index contributed by atoms with van der Waals surface area (Å²) in [5.41, 5.74) is 0.0243. The molecule has 26 heavy (non-hydrogen) atoms. The van der Waals surface area contributed by atoms with E-state index < -0.39 is 5.41 Å². The smallest absolute Gasteiger partial charge is 0.254 e. The molecule has 2 saturated heterocycles. The Morgan fingerprint density at radius 1 is 1.15 bits per heavy atom. The van der Waals surface area contributed by atoms with Gasteiger partial charge in [0, 0.05) is 38.9 Å². The molecule has 2 heterocycles. The maximum Gasteiger partial charge on any atom is 0.254 e. The van der Waals surface area contributed by atoms with Crippen LogP contribution in [0.15, 0.2) is 24.3 Å². The highest BCUT2D eigenvalue weighted by Crippen LogP contribution is 2.32. The van der Waals surface area contributed by atoms with Gasteiger partial charge in [-0.05, 0) is 44.1 Å². The standard InChI is InChI=1S/C19H27N3O4/c1-26-14-19(5-7-20-8-6-19)18(25)22-11-9-21(10-12-22)17(24)15-3-2-4-16(23)13-15/h2-4,13,20,23H,5-12,14H2,1H3. The van der Waals surface area contributed by atoms with Crippen molar-refractivity contribution in [3.8, 4) is 5.75 Å². The van der Waals surface area contributed by atoms with Crippen LogP contribution >= 0.6 is 0 Å². The maximum atomic E-state index is 13.1. The van der Waals surface area contributed by atoms with Crippen LogP contribution in [0.5, 0.6) is 5.75 Å². The first kappa shape index (κ1) is 18.7. The summed E-state index contributed by atoms with van der Waals surface area (Å²) in [7, 11) is 1.64. The van der Waals surface area contributed by atoms with Crippen molar-refractivity contribution in [3.05, 3.63) is 29.8 Å². The summed E-state index contributed by atoms with van der Waals surface area (Å²) >= 11 is 0. The van der Waals surface area contributed by atoms with Gasteiger partial charge in [-0.2, -0.15) is 0 Å². The molecule has 1 aromatic carbocycles. The van der Waals surface area contributed by atoms with E-state index in [1.54, 1.807) is 30.2 Å². The highest BCUT2D eigenvalue weighted by atomic mass is 16.5. The van der Waals surface area contributed by atoms with E-state index in [1.165, 1.54) is 6.07 Å². The number of amides is 2. The minimum Gasteiger partial charge on any atom is -0.508 e. The summed E-state index contributed by atoms with van der Waals surface area (Å²) in [5, 5.41) is 12.9. The molecule has 7 nitrogen and oxygen atoms in total. The molecule has 0 aliphatic carbocycles. The Hall–Kier alpha value is -2.12. The van der Waals surface area contributed by atoms with Gasteiger partial charge in [0.1, 0.15) is 5.75 Å². The molecular weight excluding hydrogens is 334 g/mol.